The first-order valence-electron chi connectivity index (χ1n) is 7.48. The molecule has 2 rings (SSSR count). The van der Waals surface area contributed by atoms with Gasteiger partial charge in [-0.3, -0.25) is 4.79 Å². The maximum atomic E-state index is 11.5. The van der Waals surface area contributed by atoms with E-state index in [-0.39, 0.29) is 12.5 Å². The number of amides is 1. The highest BCUT2D eigenvalue weighted by Gasteiger charge is 2.14. The van der Waals surface area contributed by atoms with Crippen LogP contribution in [0.15, 0.2) is 24.3 Å². The van der Waals surface area contributed by atoms with Crippen molar-refractivity contribution in [1.82, 2.24) is 10.6 Å². The Morgan fingerprint density at radius 2 is 2.00 bits per heavy atom. The van der Waals surface area contributed by atoms with Crippen LogP contribution in [0.2, 0.25) is 0 Å². The Bertz CT molecular complexity index is 428. The summed E-state index contributed by atoms with van der Waals surface area (Å²) in [5.74, 6) is 1.24. The van der Waals surface area contributed by atoms with Gasteiger partial charge in [-0.25, -0.2) is 0 Å². The van der Waals surface area contributed by atoms with Crippen LogP contribution < -0.4 is 15.4 Å². The molecule has 116 valence electrons. The SMILES string of the molecule is COCCNC(=O)COc1ccc(C2CCNCC2)cc1. The summed E-state index contributed by atoms with van der Waals surface area (Å²) in [5.41, 5.74) is 1.35. The molecule has 1 heterocycles. The smallest absolute Gasteiger partial charge is 0.258 e. The summed E-state index contributed by atoms with van der Waals surface area (Å²) in [6, 6.07) is 8.10. The fourth-order valence-corrected chi connectivity index (χ4v) is 2.48. The van der Waals surface area contributed by atoms with Crippen LogP contribution in [0.4, 0.5) is 0 Å². The van der Waals surface area contributed by atoms with Crippen molar-refractivity contribution in [3.63, 3.8) is 0 Å². The number of rotatable bonds is 7. The van der Waals surface area contributed by atoms with Crippen LogP contribution in [0.3, 0.4) is 0 Å². The van der Waals surface area contributed by atoms with Gasteiger partial charge in [-0.05, 0) is 49.5 Å². The van der Waals surface area contributed by atoms with Gasteiger partial charge in [0, 0.05) is 13.7 Å². The lowest BCUT2D eigenvalue weighted by Gasteiger charge is -2.23. The molecule has 1 amide bonds. The van der Waals surface area contributed by atoms with Gasteiger partial charge < -0.3 is 20.1 Å². The Morgan fingerprint density at radius 1 is 1.29 bits per heavy atom. The predicted octanol–water partition coefficient (Wildman–Crippen LogP) is 1.29. The predicted molar refractivity (Wildman–Crippen MR) is 81.7 cm³/mol. The lowest BCUT2D eigenvalue weighted by atomic mass is 9.90. The van der Waals surface area contributed by atoms with Gasteiger partial charge in [0.15, 0.2) is 6.61 Å². The minimum atomic E-state index is -0.130. The topological polar surface area (TPSA) is 59.6 Å². The lowest BCUT2D eigenvalue weighted by molar-refractivity contribution is -0.123. The Hall–Kier alpha value is -1.59. The average molecular weight is 292 g/mol. The molecule has 0 saturated carbocycles. The molecule has 1 aromatic carbocycles. The van der Waals surface area contributed by atoms with Crippen molar-refractivity contribution in [3.8, 4) is 5.75 Å². The van der Waals surface area contributed by atoms with Crippen molar-refractivity contribution in [3.05, 3.63) is 29.8 Å². The highest BCUT2D eigenvalue weighted by Crippen LogP contribution is 2.26. The molecular formula is C16H24N2O3. The van der Waals surface area contributed by atoms with Crippen LogP contribution in [0, 0.1) is 0 Å². The molecule has 0 atom stereocenters. The van der Waals surface area contributed by atoms with Gasteiger partial charge in [0.1, 0.15) is 5.75 Å². The molecule has 1 aromatic rings. The number of benzene rings is 1. The summed E-state index contributed by atoms with van der Waals surface area (Å²) in [6.45, 7) is 3.23. The van der Waals surface area contributed by atoms with Crippen LogP contribution in [-0.2, 0) is 9.53 Å². The van der Waals surface area contributed by atoms with Gasteiger partial charge in [0.2, 0.25) is 0 Å². The number of nitrogens with one attached hydrogen (secondary N) is 2. The first-order chi connectivity index (χ1) is 10.3. The molecule has 0 spiro atoms. The summed E-state index contributed by atoms with van der Waals surface area (Å²) in [7, 11) is 1.60. The average Bonchev–Trinajstić information content (AvgIpc) is 2.54. The maximum absolute atomic E-state index is 11.5. The van der Waals surface area contributed by atoms with Crippen molar-refractivity contribution in [2.45, 2.75) is 18.8 Å². The van der Waals surface area contributed by atoms with Crippen molar-refractivity contribution in [2.24, 2.45) is 0 Å². The fourth-order valence-electron chi connectivity index (χ4n) is 2.48. The first-order valence-corrected chi connectivity index (χ1v) is 7.48. The second kappa shape index (κ2) is 8.64. The molecule has 0 bridgehead atoms. The molecule has 1 saturated heterocycles. The van der Waals surface area contributed by atoms with Crippen LogP contribution in [0.25, 0.3) is 0 Å². The van der Waals surface area contributed by atoms with Crippen LogP contribution >= 0.6 is 0 Å². The molecule has 0 unspecified atom stereocenters. The van der Waals surface area contributed by atoms with Crippen molar-refractivity contribution in [1.29, 1.82) is 0 Å². The summed E-state index contributed by atoms with van der Waals surface area (Å²) in [4.78, 5) is 11.5. The number of hydrogen-bond donors (Lipinski definition) is 2. The second-order valence-electron chi connectivity index (χ2n) is 5.22. The summed E-state index contributed by atoms with van der Waals surface area (Å²) < 4.78 is 10.3. The molecule has 1 aliphatic heterocycles. The number of hydrogen-bond acceptors (Lipinski definition) is 4. The fraction of sp³-hybridized carbons (Fsp3) is 0.562. The third-order valence-corrected chi connectivity index (χ3v) is 3.69. The van der Waals surface area contributed by atoms with E-state index in [0.717, 1.165) is 18.8 Å². The van der Waals surface area contributed by atoms with E-state index < -0.39 is 0 Å². The van der Waals surface area contributed by atoms with E-state index in [1.54, 1.807) is 7.11 Å². The molecule has 0 radical (unpaired) electrons. The standard InChI is InChI=1S/C16H24N2O3/c1-20-11-10-18-16(19)12-21-15-4-2-13(3-5-15)14-6-8-17-9-7-14/h2-5,14,17H,6-12H2,1H3,(H,18,19). The largest absolute Gasteiger partial charge is 0.484 e. The molecule has 2 N–H and O–H groups in total. The van der Waals surface area contributed by atoms with Crippen LogP contribution in [0.5, 0.6) is 5.75 Å². The number of piperidine rings is 1. The van der Waals surface area contributed by atoms with E-state index in [9.17, 15) is 4.79 Å². The quantitative estimate of drug-likeness (QED) is 0.744. The van der Waals surface area contributed by atoms with Gasteiger partial charge in [0.05, 0.1) is 6.61 Å². The van der Waals surface area contributed by atoms with E-state index in [1.165, 1.54) is 18.4 Å². The maximum Gasteiger partial charge on any atom is 0.258 e. The second-order valence-corrected chi connectivity index (χ2v) is 5.22. The highest BCUT2D eigenvalue weighted by atomic mass is 16.5. The van der Waals surface area contributed by atoms with Crippen molar-refractivity contribution in [2.75, 3.05) is 40.0 Å². The monoisotopic (exact) mass is 292 g/mol. The van der Waals surface area contributed by atoms with Gasteiger partial charge in [-0.15, -0.1) is 0 Å². The molecule has 0 aliphatic carbocycles. The highest BCUT2D eigenvalue weighted by molar-refractivity contribution is 5.77. The summed E-state index contributed by atoms with van der Waals surface area (Å²) in [6.07, 6.45) is 2.37. The van der Waals surface area contributed by atoms with Crippen molar-refractivity contribution < 1.29 is 14.3 Å². The zero-order valence-corrected chi connectivity index (χ0v) is 12.6. The van der Waals surface area contributed by atoms with Crippen LogP contribution in [0.1, 0.15) is 24.3 Å². The number of carbonyl (C=O) groups excluding carboxylic acids is 1. The number of methoxy groups -OCH3 is 1. The van der Waals surface area contributed by atoms with Crippen molar-refractivity contribution >= 4 is 5.91 Å². The van der Waals surface area contributed by atoms with E-state index in [1.807, 2.05) is 12.1 Å². The summed E-state index contributed by atoms with van der Waals surface area (Å²) in [5, 5.41) is 6.09. The normalized spacial score (nSPS) is 15.7. The minimum Gasteiger partial charge on any atom is -0.484 e. The van der Waals surface area contributed by atoms with Gasteiger partial charge in [-0.1, -0.05) is 12.1 Å². The molecule has 21 heavy (non-hydrogen) atoms. The van der Waals surface area contributed by atoms with Gasteiger partial charge >= 0.3 is 0 Å². The van der Waals surface area contributed by atoms with Gasteiger partial charge in [-0.2, -0.15) is 0 Å². The molecule has 0 aromatic heterocycles. The molecule has 1 fully saturated rings. The Balaban J connectivity index is 1.75. The van der Waals surface area contributed by atoms with E-state index in [4.69, 9.17) is 9.47 Å². The molecule has 1 aliphatic rings. The molecular weight excluding hydrogens is 268 g/mol. The minimum absolute atomic E-state index is 0.0381. The summed E-state index contributed by atoms with van der Waals surface area (Å²) >= 11 is 0. The Kier molecular flexibility index (Phi) is 6.50. The number of carbonyl (C=O) groups is 1. The van der Waals surface area contributed by atoms with E-state index in [2.05, 4.69) is 22.8 Å². The van der Waals surface area contributed by atoms with Gasteiger partial charge in [0.25, 0.3) is 5.91 Å². The Labute approximate surface area is 126 Å². The molecule has 5 heteroatoms. The third-order valence-electron chi connectivity index (χ3n) is 3.69. The number of ether oxygens (including phenoxy) is 2. The van der Waals surface area contributed by atoms with E-state index in [0.29, 0.717) is 19.1 Å². The lowest BCUT2D eigenvalue weighted by Crippen LogP contribution is -2.31. The Morgan fingerprint density at radius 3 is 2.67 bits per heavy atom. The van der Waals surface area contributed by atoms with Crippen LogP contribution in [-0.4, -0.2) is 45.9 Å². The zero-order valence-electron chi connectivity index (χ0n) is 12.6. The first kappa shape index (κ1) is 15.8. The van der Waals surface area contributed by atoms with E-state index >= 15 is 0 Å². The zero-order chi connectivity index (χ0) is 14.9. The molecule has 5 nitrogen and oxygen atoms in total. The third kappa shape index (κ3) is 5.36.